The predicted octanol–water partition coefficient (Wildman–Crippen LogP) is 4.70. The number of halogens is 1. The Morgan fingerprint density at radius 1 is 1.22 bits per heavy atom. The minimum absolute atomic E-state index is 0.676. The first-order chi connectivity index (χ1) is 8.61. The highest BCUT2D eigenvalue weighted by Gasteiger charge is 2.13. The average Bonchev–Trinajstić information content (AvgIpc) is 2.34. The first kappa shape index (κ1) is 14.9. The van der Waals surface area contributed by atoms with Crippen LogP contribution in [0.1, 0.15) is 43.4 Å². The summed E-state index contributed by atoms with van der Waals surface area (Å²) in [6.07, 6.45) is 2.66. The lowest BCUT2D eigenvalue weighted by Crippen LogP contribution is -2.02. The van der Waals surface area contributed by atoms with E-state index in [2.05, 4.69) is 18.8 Å². The van der Waals surface area contributed by atoms with Crippen LogP contribution in [0.2, 0.25) is 5.02 Å². The van der Waals surface area contributed by atoms with Gasteiger partial charge in [0.2, 0.25) is 0 Å². The molecule has 1 aromatic carbocycles. The number of hydrogen-bond donors (Lipinski definition) is 0. The fraction of sp³-hybridized carbons (Fsp3) is 0.500. The summed E-state index contributed by atoms with van der Waals surface area (Å²) in [5, 5.41) is 0.814. The third kappa shape index (κ3) is 3.68. The van der Waals surface area contributed by atoms with Gasteiger partial charge < -0.3 is 4.74 Å². The zero-order chi connectivity index (χ0) is 13.5. The van der Waals surface area contributed by atoms with Crippen LogP contribution in [0.4, 0.5) is 0 Å². The Morgan fingerprint density at radius 3 is 2.56 bits per heavy atom. The Balaban J connectivity index is 3.05. The highest BCUT2D eigenvalue weighted by atomic mass is 35.5. The minimum atomic E-state index is 0.676. The molecule has 0 aromatic heterocycles. The SMILES string of the molecule is CCC#CCCc1c(C)c(Cl)cc(C)c1OCC. The molecule has 98 valence electrons. The quantitative estimate of drug-likeness (QED) is 0.716. The van der Waals surface area contributed by atoms with Crippen molar-refractivity contribution in [1.29, 1.82) is 0 Å². The molecule has 0 heterocycles. The van der Waals surface area contributed by atoms with Gasteiger partial charge in [0, 0.05) is 17.9 Å². The lowest BCUT2D eigenvalue weighted by molar-refractivity contribution is 0.334. The Hall–Kier alpha value is -1.13. The van der Waals surface area contributed by atoms with E-state index in [1.165, 1.54) is 5.56 Å². The van der Waals surface area contributed by atoms with E-state index in [0.717, 1.165) is 41.2 Å². The number of aryl methyl sites for hydroxylation is 1. The van der Waals surface area contributed by atoms with Crippen molar-refractivity contribution in [3.8, 4) is 17.6 Å². The molecule has 18 heavy (non-hydrogen) atoms. The Morgan fingerprint density at radius 2 is 1.94 bits per heavy atom. The minimum Gasteiger partial charge on any atom is -0.493 e. The molecule has 0 spiro atoms. The molecule has 0 aliphatic rings. The summed E-state index contributed by atoms with van der Waals surface area (Å²) in [7, 11) is 0. The second kappa shape index (κ2) is 7.34. The Bertz CT molecular complexity index is 466. The smallest absolute Gasteiger partial charge is 0.125 e. The molecule has 0 radical (unpaired) electrons. The van der Waals surface area contributed by atoms with Crippen LogP contribution in [0, 0.1) is 25.7 Å². The molecule has 0 fully saturated rings. The van der Waals surface area contributed by atoms with Crippen LogP contribution in [0.5, 0.6) is 5.75 Å². The van der Waals surface area contributed by atoms with Crippen LogP contribution in [-0.2, 0) is 6.42 Å². The molecule has 1 nitrogen and oxygen atoms in total. The maximum absolute atomic E-state index is 6.24. The molecular weight excluding hydrogens is 244 g/mol. The van der Waals surface area contributed by atoms with Crippen molar-refractivity contribution >= 4 is 11.6 Å². The molecule has 0 saturated carbocycles. The van der Waals surface area contributed by atoms with Gasteiger partial charge in [0.1, 0.15) is 5.75 Å². The van der Waals surface area contributed by atoms with Gasteiger partial charge >= 0.3 is 0 Å². The Labute approximate surface area is 115 Å². The summed E-state index contributed by atoms with van der Waals surface area (Å²) >= 11 is 6.24. The molecule has 0 aliphatic heterocycles. The molecule has 1 rings (SSSR count). The van der Waals surface area contributed by atoms with Gasteiger partial charge in [-0.25, -0.2) is 0 Å². The van der Waals surface area contributed by atoms with E-state index in [-0.39, 0.29) is 0 Å². The monoisotopic (exact) mass is 264 g/mol. The summed E-state index contributed by atoms with van der Waals surface area (Å²) in [6.45, 7) is 8.83. The largest absolute Gasteiger partial charge is 0.493 e. The molecule has 0 aliphatic carbocycles. The van der Waals surface area contributed by atoms with Gasteiger partial charge in [0.25, 0.3) is 0 Å². The summed E-state index contributed by atoms with van der Waals surface area (Å²) in [5.74, 6) is 7.25. The van der Waals surface area contributed by atoms with Gasteiger partial charge in [-0.1, -0.05) is 18.5 Å². The summed E-state index contributed by atoms with van der Waals surface area (Å²) in [4.78, 5) is 0. The van der Waals surface area contributed by atoms with Crippen molar-refractivity contribution in [3.63, 3.8) is 0 Å². The van der Waals surface area contributed by atoms with E-state index in [0.29, 0.717) is 6.61 Å². The summed E-state index contributed by atoms with van der Waals surface area (Å²) < 4.78 is 5.75. The van der Waals surface area contributed by atoms with Crippen molar-refractivity contribution in [1.82, 2.24) is 0 Å². The molecule has 0 saturated heterocycles. The van der Waals surface area contributed by atoms with Gasteiger partial charge in [-0.05, 0) is 49.9 Å². The Kier molecular flexibility index (Phi) is 6.09. The third-order valence-electron chi connectivity index (χ3n) is 2.88. The van der Waals surface area contributed by atoms with Crippen molar-refractivity contribution in [2.45, 2.75) is 47.0 Å². The molecule has 1 aromatic rings. The van der Waals surface area contributed by atoms with Crippen molar-refractivity contribution < 1.29 is 4.74 Å². The van der Waals surface area contributed by atoms with E-state index in [1.54, 1.807) is 0 Å². The molecule has 0 N–H and O–H groups in total. The molecule has 0 unspecified atom stereocenters. The number of rotatable bonds is 4. The van der Waals surface area contributed by atoms with E-state index in [4.69, 9.17) is 16.3 Å². The predicted molar refractivity (Wildman–Crippen MR) is 78.5 cm³/mol. The van der Waals surface area contributed by atoms with Crippen LogP contribution >= 0.6 is 11.6 Å². The van der Waals surface area contributed by atoms with E-state index in [9.17, 15) is 0 Å². The number of benzene rings is 1. The van der Waals surface area contributed by atoms with Crippen LogP contribution in [0.25, 0.3) is 0 Å². The van der Waals surface area contributed by atoms with Crippen molar-refractivity contribution in [2.75, 3.05) is 6.61 Å². The number of ether oxygens (including phenoxy) is 1. The molecule has 2 heteroatoms. The van der Waals surface area contributed by atoms with Crippen molar-refractivity contribution in [3.05, 3.63) is 27.8 Å². The topological polar surface area (TPSA) is 9.23 Å². The fourth-order valence-corrected chi connectivity index (χ4v) is 2.24. The van der Waals surface area contributed by atoms with Gasteiger partial charge in [-0.15, -0.1) is 11.8 Å². The van der Waals surface area contributed by atoms with Crippen LogP contribution in [0.15, 0.2) is 6.07 Å². The second-order valence-corrected chi connectivity index (χ2v) is 4.66. The van der Waals surface area contributed by atoms with Gasteiger partial charge in [0.05, 0.1) is 6.61 Å². The molecule has 0 atom stereocenters. The van der Waals surface area contributed by atoms with Crippen molar-refractivity contribution in [2.24, 2.45) is 0 Å². The zero-order valence-electron chi connectivity index (χ0n) is 11.7. The number of hydrogen-bond acceptors (Lipinski definition) is 1. The second-order valence-electron chi connectivity index (χ2n) is 4.25. The first-order valence-corrected chi connectivity index (χ1v) is 6.86. The highest BCUT2D eigenvalue weighted by molar-refractivity contribution is 6.31. The van der Waals surface area contributed by atoms with E-state index in [1.807, 2.05) is 26.8 Å². The normalized spacial score (nSPS) is 9.83. The third-order valence-corrected chi connectivity index (χ3v) is 3.27. The van der Waals surface area contributed by atoms with Crippen LogP contribution in [-0.4, -0.2) is 6.61 Å². The first-order valence-electron chi connectivity index (χ1n) is 6.48. The molecule has 0 bridgehead atoms. The maximum atomic E-state index is 6.24. The van der Waals surface area contributed by atoms with Gasteiger partial charge in [-0.2, -0.15) is 0 Å². The summed E-state index contributed by atoms with van der Waals surface area (Å²) in [6, 6.07) is 1.98. The molecule has 0 amide bonds. The fourth-order valence-electron chi connectivity index (χ4n) is 1.96. The highest BCUT2D eigenvalue weighted by Crippen LogP contribution is 2.33. The average molecular weight is 265 g/mol. The standard InChI is InChI=1S/C16H21ClO/c1-5-7-8-9-10-14-13(4)15(17)11-12(3)16(14)18-6-2/h11H,5-6,9-10H2,1-4H3. The van der Waals surface area contributed by atoms with Gasteiger partial charge in [-0.3, -0.25) is 0 Å². The summed E-state index contributed by atoms with van der Waals surface area (Å²) in [5.41, 5.74) is 3.42. The van der Waals surface area contributed by atoms with E-state index >= 15 is 0 Å². The van der Waals surface area contributed by atoms with Crippen LogP contribution < -0.4 is 4.74 Å². The lowest BCUT2D eigenvalue weighted by Gasteiger charge is -2.16. The maximum Gasteiger partial charge on any atom is 0.125 e. The zero-order valence-corrected chi connectivity index (χ0v) is 12.4. The lowest BCUT2D eigenvalue weighted by atomic mass is 9.99. The van der Waals surface area contributed by atoms with Crippen LogP contribution in [0.3, 0.4) is 0 Å². The van der Waals surface area contributed by atoms with Gasteiger partial charge in [0.15, 0.2) is 0 Å². The molecular formula is C16H21ClO. The van der Waals surface area contributed by atoms with E-state index < -0.39 is 0 Å².